The standard InChI is InChI=1S/C15H15N3O/c1-10(2)18-13-9-17-15(19)12(8-16)14(13)11-6-4-3-5-7-11/h3-7,9-10,18H,1-2H3,(H,17,19). The number of H-pyrrole nitrogens is 1. The Kier molecular flexibility index (Phi) is 3.67. The zero-order valence-corrected chi connectivity index (χ0v) is 10.9. The third kappa shape index (κ3) is 2.66. The molecule has 1 heterocycles. The van der Waals surface area contributed by atoms with E-state index < -0.39 is 0 Å². The predicted molar refractivity (Wildman–Crippen MR) is 76.0 cm³/mol. The van der Waals surface area contributed by atoms with E-state index in [0.29, 0.717) is 5.56 Å². The molecule has 2 aromatic rings. The molecule has 0 amide bonds. The minimum absolute atomic E-state index is 0.136. The molecule has 0 spiro atoms. The van der Waals surface area contributed by atoms with E-state index in [0.717, 1.165) is 11.3 Å². The molecule has 4 nitrogen and oxygen atoms in total. The summed E-state index contributed by atoms with van der Waals surface area (Å²) >= 11 is 0. The lowest BCUT2D eigenvalue weighted by molar-refractivity contribution is 0.897. The summed E-state index contributed by atoms with van der Waals surface area (Å²) in [6.07, 6.45) is 1.62. The normalized spacial score (nSPS) is 10.2. The predicted octanol–water partition coefficient (Wildman–Crippen LogP) is 2.73. The van der Waals surface area contributed by atoms with Gasteiger partial charge in [-0.3, -0.25) is 4.79 Å². The van der Waals surface area contributed by atoms with Gasteiger partial charge in [-0.15, -0.1) is 0 Å². The molecule has 1 aromatic carbocycles. The van der Waals surface area contributed by atoms with E-state index >= 15 is 0 Å². The number of aromatic amines is 1. The number of nitriles is 1. The number of hydrogen-bond acceptors (Lipinski definition) is 3. The van der Waals surface area contributed by atoms with Gasteiger partial charge in [0.1, 0.15) is 11.6 Å². The average Bonchev–Trinajstić information content (AvgIpc) is 2.41. The lowest BCUT2D eigenvalue weighted by Gasteiger charge is -2.15. The highest BCUT2D eigenvalue weighted by molar-refractivity contribution is 5.82. The van der Waals surface area contributed by atoms with Gasteiger partial charge >= 0.3 is 0 Å². The molecule has 0 saturated carbocycles. The molecule has 0 unspecified atom stereocenters. The Balaban J connectivity index is 2.71. The van der Waals surface area contributed by atoms with Crippen molar-refractivity contribution in [1.29, 1.82) is 5.26 Å². The molecule has 0 aliphatic carbocycles. The third-order valence-corrected chi connectivity index (χ3v) is 2.71. The van der Waals surface area contributed by atoms with Gasteiger partial charge in [-0.25, -0.2) is 0 Å². The van der Waals surface area contributed by atoms with Gasteiger partial charge in [0.2, 0.25) is 0 Å². The maximum Gasteiger partial charge on any atom is 0.266 e. The minimum Gasteiger partial charge on any atom is -0.381 e. The smallest absolute Gasteiger partial charge is 0.266 e. The lowest BCUT2D eigenvalue weighted by Crippen LogP contribution is -2.17. The molecule has 2 N–H and O–H groups in total. The molecule has 0 aliphatic heterocycles. The average molecular weight is 253 g/mol. The molecular formula is C15H15N3O. The van der Waals surface area contributed by atoms with Crippen molar-refractivity contribution in [3.63, 3.8) is 0 Å². The summed E-state index contributed by atoms with van der Waals surface area (Å²) in [5.41, 5.74) is 2.04. The number of anilines is 1. The van der Waals surface area contributed by atoms with Crippen LogP contribution in [0.1, 0.15) is 19.4 Å². The Morgan fingerprint density at radius 3 is 2.53 bits per heavy atom. The molecule has 1 aromatic heterocycles. The van der Waals surface area contributed by atoms with Gasteiger partial charge in [-0.05, 0) is 19.4 Å². The molecule has 0 fully saturated rings. The summed E-state index contributed by atoms with van der Waals surface area (Å²) in [7, 11) is 0. The van der Waals surface area contributed by atoms with E-state index in [-0.39, 0.29) is 17.2 Å². The van der Waals surface area contributed by atoms with Crippen LogP contribution in [0.4, 0.5) is 5.69 Å². The quantitative estimate of drug-likeness (QED) is 0.883. The Morgan fingerprint density at radius 1 is 1.26 bits per heavy atom. The van der Waals surface area contributed by atoms with Crippen LogP contribution in [0.15, 0.2) is 41.3 Å². The van der Waals surface area contributed by atoms with Crippen LogP contribution in [0.3, 0.4) is 0 Å². The van der Waals surface area contributed by atoms with Gasteiger partial charge in [0, 0.05) is 17.8 Å². The van der Waals surface area contributed by atoms with Gasteiger partial charge in [0.15, 0.2) is 0 Å². The van der Waals surface area contributed by atoms with Crippen LogP contribution in [0, 0.1) is 11.3 Å². The van der Waals surface area contributed by atoms with Crippen molar-refractivity contribution in [2.24, 2.45) is 0 Å². The van der Waals surface area contributed by atoms with Crippen molar-refractivity contribution in [3.8, 4) is 17.2 Å². The van der Waals surface area contributed by atoms with E-state index in [9.17, 15) is 10.1 Å². The first kappa shape index (κ1) is 12.9. The van der Waals surface area contributed by atoms with Crippen molar-refractivity contribution < 1.29 is 0 Å². The zero-order chi connectivity index (χ0) is 13.8. The Labute approximate surface area is 111 Å². The first-order valence-electron chi connectivity index (χ1n) is 6.11. The minimum atomic E-state index is -0.365. The molecular weight excluding hydrogens is 238 g/mol. The summed E-state index contributed by atoms with van der Waals surface area (Å²) in [6, 6.07) is 11.7. The zero-order valence-electron chi connectivity index (χ0n) is 10.9. The van der Waals surface area contributed by atoms with Gasteiger partial charge in [0.05, 0.1) is 5.69 Å². The second-order valence-corrected chi connectivity index (χ2v) is 4.56. The number of pyridine rings is 1. The lowest BCUT2D eigenvalue weighted by atomic mass is 10.00. The van der Waals surface area contributed by atoms with E-state index in [1.54, 1.807) is 6.20 Å². The van der Waals surface area contributed by atoms with Gasteiger partial charge < -0.3 is 10.3 Å². The molecule has 4 heteroatoms. The number of nitrogens with zero attached hydrogens (tertiary/aromatic N) is 1. The van der Waals surface area contributed by atoms with Crippen molar-refractivity contribution in [2.75, 3.05) is 5.32 Å². The number of benzene rings is 1. The monoisotopic (exact) mass is 253 g/mol. The summed E-state index contributed by atoms with van der Waals surface area (Å²) in [5.74, 6) is 0. The molecule has 0 atom stereocenters. The molecule has 2 rings (SSSR count). The van der Waals surface area contributed by atoms with E-state index in [2.05, 4.69) is 10.3 Å². The van der Waals surface area contributed by atoms with Crippen LogP contribution in [-0.2, 0) is 0 Å². The van der Waals surface area contributed by atoms with Crippen molar-refractivity contribution in [3.05, 3.63) is 52.4 Å². The van der Waals surface area contributed by atoms with Crippen molar-refractivity contribution in [1.82, 2.24) is 4.98 Å². The molecule has 0 radical (unpaired) electrons. The van der Waals surface area contributed by atoms with Crippen molar-refractivity contribution >= 4 is 5.69 Å². The second kappa shape index (κ2) is 5.40. The largest absolute Gasteiger partial charge is 0.381 e. The van der Waals surface area contributed by atoms with Crippen LogP contribution >= 0.6 is 0 Å². The van der Waals surface area contributed by atoms with E-state index in [1.165, 1.54) is 0 Å². The topological polar surface area (TPSA) is 68.7 Å². The summed E-state index contributed by atoms with van der Waals surface area (Å²) in [6.45, 7) is 4.01. The maximum absolute atomic E-state index is 11.8. The fourth-order valence-corrected chi connectivity index (χ4v) is 1.97. The maximum atomic E-state index is 11.8. The molecule has 19 heavy (non-hydrogen) atoms. The second-order valence-electron chi connectivity index (χ2n) is 4.56. The first-order valence-corrected chi connectivity index (χ1v) is 6.11. The Morgan fingerprint density at radius 2 is 1.95 bits per heavy atom. The molecule has 0 aliphatic rings. The highest BCUT2D eigenvalue weighted by Gasteiger charge is 2.14. The third-order valence-electron chi connectivity index (χ3n) is 2.71. The summed E-state index contributed by atoms with van der Waals surface area (Å²) in [4.78, 5) is 14.4. The van der Waals surface area contributed by atoms with Gasteiger partial charge in [-0.1, -0.05) is 30.3 Å². The molecule has 0 bridgehead atoms. The fraction of sp³-hybridized carbons (Fsp3) is 0.200. The van der Waals surface area contributed by atoms with Crippen LogP contribution in [0.5, 0.6) is 0 Å². The number of nitrogens with one attached hydrogen (secondary N) is 2. The summed E-state index contributed by atoms with van der Waals surface area (Å²) in [5, 5.41) is 12.5. The van der Waals surface area contributed by atoms with Crippen LogP contribution in [0.25, 0.3) is 11.1 Å². The molecule has 0 saturated heterocycles. The number of hydrogen-bond donors (Lipinski definition) is 2. The Bertz CT molecular complexity index is 666. The summed E-state index contributed by atoms with van der Waals surface area (Å²) < 4.78 is 0. The highest BCUT2D eigenvalue weighted by atomic mass is 16.1. The molecule has 96 valence electrons. The first-order chi connectivity index (χ1) is 9.13. The van der Waals surface area contributed by atoms with Crippen LogP contribution in [0.2, 0.25) is 0 Å². The number of rotatable bonds is 3. The highest BCUT2D eigenvalue weighted by Crippen LogP contribution is 2.29. The SMILES string of the molecule is CC(C)Nc1c[nH]c(=O)c(C#N)c1-c1ccccc1. The van der Waals surface area contributed by atoms with E-state index in [1.807, 2.05) is 50.2 Å². The van der Waals surface area contributed by atoms with Gasteiger partial charge in [-0.2, -0.15) is 5.26 Å². The van der Waals surface area contributed by atoms with E-state index in [4.69, 9.17) is 0 Å². The van der Waals surface area contributed by atoms with Gasteiger partial charge in [0.25, 0.3) is 5.56 Å². The van der Waals surface area contributed by atoms with Crippen LogP contribution < -0.4 is 10.9 Å². The number of aromatic nitrogens is 1. The fourth-order valence-electron chi connectivity index (χ4n) is 1.97. The Hall–Kier alpha value is -2.54. The van der Waals surface area contributed by atoms with Crippen molar-refractivity contribution in [2.45, 2.75) is 19.9 Å². The van der Waals surface area contributed by atoms with Crippen LogP contribution in [-0.4, -0.2) is 11.0 Å².